The predicted octanol–water partition coefficient (Wildman–Crippen LogP) is 6.03. The molecule has 0 aliphatic rings. The summed E-state index contributed by atoms with van der Waals surface area (Å²) in [6.07, 6.45) is 3.36. The second-order valence-electron chi connectivity index (χ2n) is 6.40. The molecule has 30 heavy (non-hydrogen) atoms. The molecule has 2 aromatic heterocycles. The number of hydrogen-bond acceptors (Lipinski definition) is 5. The number of fused-ring (bicyclic) bond motifs is 1. The van der Waals surface area contributed by atoms with E-state index >= 15 is 0 Å². The first-order valence-electron chi connectivity index (χ1n) is 8.77. The summed E-state index contributed by atoms with van der Waals surface area (Å²) < 4.78 is 6.54. The summed E-state index contributed by atoms with van der Waals surface area (Å²) in [6, 6.07) is 16.4. The zero-order valence-electron chi connectivity index (χ0n) is 15.3. The fourth-order valence-corrected chi connectivity index (χ4v) is 3.35. The van der Waals surface area contributed by atoms with Crippen LogP contribution in [0.5, 0.6) is 0 Å². The molecule has 0 radical (unpaired) electrons. The van der Waals surface area contributed by atoms with Crippen molar-refractivity contribution in [2.24, 2.45) is 0 Å². The van der Waals surface area contributed by atoms with Gasteiger partial charge in [-0.1, -0.05) is 15.9 Å². The maximum Gasteiger partial charge on any atom is 0.336 e. The molecule has 0 saturated carbocycles. The average Bonchev–Trinajstić information content (AvgIpc) is 3.21. The Morgan fingerprint density at radius 3 is 2.53 bits per heavy atom. The van der Waals surface area contributed by atoms with E-state index in [9.17, 15) is 20.0 Å². The Kier molecular flexibility index (Phi) is 5.16. The summed E-state index contributed by atoms with van der Waals surface area (Å²) in [4.78, 5) is 26.4. The molecule has 0 aliphatic heterocycles. The molecule has 0 fully saturated rings. The van der Waals surface area contributed by atoms with Crippen LogP contribution in [-0.4, -0.2) is 21.0 Å². The van der Waals surface area contributed by atoms with E-state index in [0.717, 1.165) is 4.47 Å². The lowest BCUT2D eigenvalue weighted by Crippen LogP contribution is -2.00. The molecule has 148 valence electrons. The summed E-state index contributed by atoms with van der Waals surface area (Å²) in [5, 5.41) is 20.9. The number of aromatic carboxylic acids is 1. The third kappa shape index (κ3) is 3.99. The first-order valence-corrected chi connectivity index (χ1v) is 9.56. The second-order valence-corrected chi connectivity index (χ2v) is 7.32. The van der Waals surface area contributed by atoms with Gasteiger partial charge in [0.2, 0.25) is 0 Å². The van der Waals surface area contributed by atoms with Crippen LogP contribution >= 0.6 is 15.9 Å². The minimum atomic E-state index is -1.03. The van der Waals surface area contributed by atoms with Gasteiger partial charge in [-0.2, -0.15) is 0 Å². The molecule has 7 nitrogen and oxygen atoms in total. The number of carboxylic acids is 1. The van der Waals surface area contributed by atoms with Crippen LogP contribution in [0.25, 0.3) is 34.4 Å². The van der Waals surface area contributed by atoms with Crippen LogP contribution in [0.1, 0.15) is 21.8 Å². The smallest absolute Gasteiger partial charge is 0.336 e. The lowest BCUT2D eigenvalue weighted by atomic mass is 10.1. The molecular weight excluding hydrogens is 452 g/mol. The highest BCUT2D eigenvalue weighted by Gasteiger charge is 2.12. The van der Waals surface area contributed by atoms with E-state index in [2.05, 4.69) is 20.9 Å². The van der Waals surface area contributed by atoms with Gasteiger partial charge in [0.15, 0.2) is 0 Å². The highest BCUT2D eigenvalue weighted by Crippen LogP contribution is 2.26. The quantitative estimate of drug-likeness (QED) is 0.285. The largest absolute Gasteiger partial charge is 0.478 e. The van der Waals surface area contributed by atoms with Crippen molar-refractivity contribution in [3.8, 4) is 11.3 Å². The fraction of sp³-hybridized carbons (Fsp3) is 0. The Bertz CT molecular complexity index is 1310. The average molecular weight is 465 g/mol. The van der Waals surface area contributed by atoms with Crippen LogP contribution in [0.3, 0.4) is 0 Å². The van der Waals surface area contributed by atoms with Crippen LogP contribution in [0.4, 0.5) is 5.69 Å². The number of hydrogen-bond donors (Lipinski definition) is 1. The van der Waals surface area contributed by atoms with Crippen molar-refractivity contribution in [1.82, 2.24) is 4.98 Å². The highest BCUT2D eigenvalue weighted by molar-refractivity contribution is 9.10. The minimum absolute atomic E-state index is 0.00840. The Balaban J connectivity index is 1.63. The van der Waals surface area contributed by atoms with Crippen LogP contribution in [-0.2, 0) is 0 Å². The monoisotopic (exact) mass is 464 g/mol. The molecule has 1 N–H and O–H groups in total. The number of nitrogens with zero attached hydrogens (tertiary/aromatic N) is 2. The Labute approximate surface area is 178 Å². The van der Waals surface area contributed by atoms with Crippen molar-refractivity contribution in [3.05, 3.63) is 92.3 Å². The Morgan fingerprint density at radius 1 is 1.07 bits per heavy atom. The molecule has 0 bridgehead atoms. The third-order valence-corrected chi connectivity index (χ3v) is 4.92. The summed E-state index contributed by atoms with van der Waals surface area (Å²) in [5.41, 5.74) is 1.93. The van der Waals surface area contributed by atoms with E-state index in [1.54, 1.807) is 54.6 Å². The highest BCUT2D eigenvalue weighted by atomic mass is 79.9. The van der Waals surface area contributed by atoms with Gasteiger partial charge in [0.1, 0.15) is 11.5 Å². The topological polar surface area (TPSA) is 106 Å². The maximum atomic E-state index is 11.7. The van der Waals surface area contributed by atoms with Crippen LogP contribution < -0.4 is 0 Å². The lowest BCUT2D eigenvalue weighted by molar-refractivity contribution is -0.384. The SMILES string of the molecule is O=C(O)c1cc(C=Cc2ccc(-c3ccc([N+](=O)[O-])cc3)o2)nc2ccc(Br)cc12. The van der Waals surface area contributed by atoms with Gasteiger partial charge >= 0.3 is 5.97 Å². The summed E-state index contributed by atoms with van der Waals surface area (Å²) in [7, 11) is 0. The van der Waals surface area contributed by atoms with Gasteiger partial charge in [0, 0.05) is 27.6 Å². The zero-order chi connectivity index (χ0) is 21.3. The van der Waals surface area contributed by atoms with E-state index < -0.39 is 10.9 Å². The molecule has 0 aliphatic carbocycles. The number of non-ortho nitro benzene ring substituents is 1. The summed E-state index contributed by atoms with van der Waals surface area (Å²) in [6.45, 7) is 0. The number of halogens is 1. The number of nitro benzene ring substituents is 1. The fourth-order valence-electron chi connectivity index (χ4n) is 2.99. The molecule has 8 heteroatoms. The summed E-state index contributed by atoms with van der Waals surface area (Å²) in [5.74, 6) is 0.0682. The molecule has 4 aromatic rings. The van der Waals surface area contributed by atoms with Gasteiger partial charge in [-0.25, -0.2) is 9.78 Å². The molecule has 0 unspecified atom stereocenters. The molecule has 2 aromatic carbocycles. The number of rotatable bonds is 5. The van der Waals surface area contributed by atoms with Gasteiger partial charge in [-0.3, -0.25) is 10.1 Å². The van der Waals surface area contributed by atoms with Crippen LogP contribution in [0, 0.1) is 10.1 Å². The van der Waals surface area contributed by atoms with E-state index in [-0.39, 0.29) is 11.3 Å². The van der Waals surface area contributed by atoms with Crippen molar-refractivity contribution in [1.29, 1.82) is 0 Å². The molecular formula is C22H13BrN2O5. The molecule has 0 spiro atoms. The molecule has 0 amide bonds. The number of carboxylic acid groups (broad SMARTS) is 1. The van der Waals surface area contributed by atoms with Gasteiger partial charge < -0.3 is 9.52 Å². The molecule has 0 atom stereocenters. The second kappa shape index (κ2) is 7.92. The number of pyridine rings is 1. The third-order valence-electron chi connectivity index (χ3n) is 4.43. The molecule has 0 saturated heterocycles. The Hall–Kier alpha value is -3.78. The van der Waals surface area contributed by atoms with Gasteiger partial charge in [0.25, 0.3) is 5.69 Å². The number of carbonyl (C=O) groups is 1. The zero-order valence-corrected chi connectivity index (χ0v) is 16.9. The lowest BCUT2D eigenvalue weighted by Gasteiger charge is -2.05. The first-order chi connectivity index (χ1) is 14.4. The number of benzene rings is 2. The van der Waals surface area contributed by atoms with E-state index in [0.29, 0.717) is 33.7 Å². The van der Waals surface area contributed by atoms with E-state index in [4.69, 9.17) is 4.42 Å². The Morgan fingerprint density at radius 2 is 1.83 bits per heavy atom. The van der Waals surface area contributed by atoms with Crippen LogP contribution in [0.2, 0.25) is 0 Å². The number of aromatic nitrogens is 1. The molecule has 2 heterocycles. The maximum absolute atomic E-state index is 11.7. The minimum Gasteiger partial charge on any atom is -0.478 e. The molecule has 4 rings (SSSR count). The number of nitro groups is 1. The normalized spacial score (nSPS) is 11.2. The number of furan rings is 1. The van der Waals surface area contributed by atoms with Crippen molar-refractivity contribution in [3.63, 3.8) is 0 Å². The van der Waals surface area contributed by atoms with Crippen molar-refractivity contribution in [2.75, 3.05) is 0 Å². The van der Waals surface area contributed by atoms with Crippen molar-refractivity contribution in [2.45, 2.75) is 0 Å². The van der Waals surface area contributed by atoms with Gasteiger partial charge in [-0.15, -0.1) is 0 Å². The summed E-state index contributed by atoms with van der Waals surface area (Å²) >= 11 is 3.35. The van der Waals surface area contributed by atoms with Crippen LogP contribution in [0.15, 0.2) is 69.6 Å². The first kappa shape index (κ1) is 19.5. The van der Waals surface area contributed by atoms with E-state index in [1.807, 2.05) is 0 Å². The standard InChI is InChI=1S/C22H13BrN2O5/c23-14-3-9-20-18(11-14)19(22(26)27)12-15(24-20)4-7-17-8-10-21(30-17)13-1-5-16(6-2-13)25(28)29/h1-12H,(H,26,27). The predicted molar refractivity (Wildman–Crippen MR) is 116 cm³/mol. The van der Waals surface area contributed by atoms with E-state index in [1.165, 1.54) is 18.2 Å². The van der Waals surface area contributed by atoms with Gasteiger partial charge in [0.05, 0.1) is 21.7 Å². The van der Waals surface area contributed by atoms with Crippen molar-refractivity contribution < 1.29 is 19.2 Å². The van der Waals surface area contributed by atoms with Crippen molar-refractivity contribution >= 4 is 50.6 Å². The van der Waals surface area contributed by atoms with Gasteiger partial charge in [-0.05, 0) is 60.7 Å².